The normalized spacial score (nSPS) is 13.7. The number of para-hydroxylation sites is 2. The highest BCUT2D eigenvalue weighted by Gasteiger charge is 2.19. The van der Waals surface area contributed by atoms with E-state index in [1.54, 1.807) is 18.2 Å². The number of benzene rings is 3. The molecule has 4 rings (SSSR count). The number of aliphatic hydroxyl groups excluding tert-OH is 1. The average Bonchev–Trinajstić information content (AvgIpc) is 3.13. The summed E-state index contributed by atoms with van der Waals surface area (Å²) in [6.45, 7) is 1.12. The summed E-state index contributed by atoms with van der Waals surface area (Å²) >= 11 is 0. The van der Waals surface area contributed by atoms with Gasteiger partial charge in [0, 0.05) is 25.8 Å². The zero-order valence-electron chi connectivity index (χ0n) is 16.3. The summed E-state index contributed by atoms with van der Waals surface area (Å²) < 4.78 is 5.85. The molecular weight excluding hydrogens is 364 g/mol. The lowest BCUT2D eigenvalue weighted by Gasteiger charge is -2.16. The molecule has 0 saturated carbocycles. The van der Waals surface area contributed by atoms with Crippen molar-refractivity contribution in [1.29, 1.82) is 0 Å². The fourth-order valence-electron chi connectivity index (χ4n) is 3.56. The molecule has 1 aliphatic heterocycles. The SMILES string of the molecule is CN1CCc2cc(C(O)CNC(=O)c3ccccc3Oc3ccccc3)ccc21. The van der Waals surface area contributed by atoms with E-state index in [2.05, 4.69) is 17.3 Å². The van der Waals surface area contributed by atoms with Crippen molar-refractivity contribution in [3.05, 3.63) is 89.5 Å². The van der Waals surface area contributed by atoms with Crippen molar-refractivity contribution in [2.45, 2.75) is 12.5 Å². The molecule has 1 unspecified atom stereocenters. The Morgan fingerprint density at radius 3 is 2.69 bits per heavy atom. The fourth-order valence-corrected chi connectivity index (χ4v) is 3.56. The van der Waals surface area contributed by atoms with Crippen LogP contribution in [0.3, 0.4) is 0 Å². The minimum absolute atomic E-state index is 0.132. The van der Waals surface area contributed by atoms with Gasteiger partial charge in [0.15, 0.2) is 0 Å². The van der Waals surface area contributed by atoms with Crippen LogP contribution in [0.4, 0.5) is 5.69 Å². The summed E-state index contributed by atoms with van der Waals surface area (Å²) in [5.74, 6) is 0.860. The Kier molecular flexibility index (Phi) is 5.49. The van der Waals surface area contributed by atoms with E-state index < -0.39 is 6.10 Å². The maximum atomic E-state index is 12.7. The van der Waals surface area contributed by atoms with Crippen LogP contribution in [0, 0.1) is 0 Å². The number of nitrogens with zero attached hydrogens (tertiary/aromatic N) is 1. The predicted molar refractivity (Wildman–Crippen MR) is 114 cm³/mol. The van der Waals surface area contributed by atoms with Crippen LogP contribution in [0.25, 0.3) is 0 Å². The van der Waals surface area contributed by atoms with Gasteiger partial charge in [-0.3, -0.25) is 4.79 Å². The number of hydrogen-bond donors (Lipinski definition) is 2. The van der Waals surface area contributed by atoms with Crippen LogP contribution >= 0.6 is 0 Å². The molecule has 5 heteroatoms. The first kappa shape index (κ1) is 19.0. The maximum absolute atomic E-state index is 12.7. The average molecular weight is 388 g/mol. The second-order valence-electron chi connectivity index (χ2n) is 7.20. The van der Waals surface area contributed by atoms with Gasteiger partial charge in [-0.2, -0.15) is 0 Å². The third-order valence-corrected chi connectivity index (χ3v) is 5.17. The fraction of sp³-hybridized carbons (Fsp3) is 0.208. The molecule has 3 aromatic rings. The molecule has 3 aromatic carbocycles. The Morgan fingerprint density at radius 2 is 1.86 bits per heavy atom. The third-order valence-electron chi connectivity index (χ3n) is 5.17. The van der Waals surface area contributed by atoms with Gasteiger partial charge < -0.3 is 20.1 Å². The van der Waals surface area contributed by atoms with Gasteiger partial charge in [-0.1, -0.05) is 42.5 Å². The lowest BCUT2D eigenvalue weighted by atomic mass is 10.0. The number of anilines is 1. The van der Waals surface area contributed by atoms with Crippen molar-refractivity contribution in [2.75, 3.05) is 25.0 Å². The van der Waals surface area contributed by atoms with Gasteiger partial charge >= 0.3 is 0 Å². The van der Waals surface area contributed by atoms with Gasteiger partial charge in [-0.15, -0.1) is 0 Å². The van der Waals surface area contributed by atoms with Crippen LogP contribution in [0.1, 0.15) is 27.6 Å². The molecular formula is C24H24N2O3. The third kappa shape index (κ3) is 4.25. The smallest absolute Gasteiger partial charge is 0.255 e. The summed E-state index contributed by atoms with van der Waals surface area (Å²) in [6.07, 6.45) is 0.209. The quantitative estimate of drug-likeness (QED) is 0.672. The monoisotopic (exact) mass is 388 g/mol. The van der Waals surface area contributed by atoms with E-state index in [1.165, 1.54) is 11.3 Å². The summed E-state index contributed by atoms with van der Waals surface area (Å²) in [5, 5.41) is 13.4. The van der Waals surface area contributed by atoms with Crippen molar-refractivity contribution in [3.63, 3.8) is 0 Å². The predicted octanol–water partition coefficient (Wildman–Crippen LogP) is 3.93. The molecule has 0 aromatic heterocycles. The van der Waals surface area contributed by atoms with Gasteiger partial charge in [-0.25, -0.2) is 0 Å². The van der Waals surface area contributed by atoms with E-state index in [9.17, 15) is 9.90 Å². The topological polar surface area (TPSA) is 61.8 Å². The molecule has 0 radical (unpaired) electrons. The van der Waals surface area contributed by atoms with Gasteiger partial charge in [0.05, 0.1) is 11.7 Å². The number of ether oxygens (including phenoxy) is 1. The first-order chi connectivity index (χ1) is 14.1. The van der Waals surface area contributed by atoms with Gasteiger partial charge in [-0.05, 0) is 47.9 Å². The van der Waals surface area contributed by atoms with Gasteiger partial charge in [0.1, 0.15) is 11.5 Å². The lowest BCUT2D eigenvalue weighted by molar-refractivity contribution is 0.0914. The van der Waals surface area contributed by atoms with Crippen LogP contribution in [-0.2, 0) is 6.42 Å². The number of carbonyl (C=O) groups excluding carboxylic acids is 1. The molecule has 0 saturated heterocycles. The molecule has 5 nitrogen and oxygen atoms in total. The highest BCUT2D eigenvalue weighted by Crippen LogP contribution is 2.29. The van der Waals surface area contributed by atoms with Gasteiger partial charge in [0.2, 0.25) is 0 Å². The van der Waals surface area contributed by atoms with E-state index in [0.717, 1.165) is 18.5 Å². The van der Waals surface area contributed by atoms with E-state index in [1.807, 2.05) is 54.6 Å². The largest absolute Gasteiger partial charge is 0.457 e. The van der Waals surface area contributed by atoms with Crippen molar-refractivity contribution < 1.29 is 14.6 Å². The highest BCUT2D eigenvalue weighted by molar-refractivity contribution is 5.97. The Hall–Kier alpha value is -3.31. The second-order valence-corrected chi connectivity index (χ2v) is 7.20. The van der Waals surface area contributed by atoms with E-state index >= 15 is 0 Å². The summed E-state index contributed by atoms with van der Waals surface area (Å²) in [7, 11) is 2.07. The lowest BCUT2D eigenvalue weighted by Crippen LogP contribution is -2.28. The minimum Gasteiger partial charge on any atom is -0.457 e. The van der Waals surface area contributed by atoms with Crippen LogP contribution in [-0.4, -0.2) is 31.2 Å². The van der Waals surface area contributed by atoms with Crippen LogP contribution in [0.2, 0.25) is 0 Å². The number of likely N-dealkylation sites (N-methyl/N-ethyl adjacent to an activating group) is 1. The Balaban J connectivity index is 1.42. The molecule has 0 fully saturated rings. The molecule has 1 heterocycles. The van der Waals surface area contributed by atoms with Crippen LogP contribution in [0.15, 0.2) is 72.8 Å². The van der Waals surface area contributed by atoms with Crippen LogP contribution < -0.4 is 15.0 Å². The number of nitrogens with one attached hydrogen (secondary N) is 1. The van der Waals surface area contributed by atoms with E-state index in [4.69, 9.17) is 4.74 Å². The molecule has 29 heavy (non-hydrogen) atoms. The minimum atomic E-state index is -0.766. The van der Waals surface area contributed by atoms with E-state index in [0.29, 0.717) is 17.1 Å². The highest BCUT2D eigenvalue weighted by atomic mass is 16.5. The first-order valence-electron chi connectivity index (χ1n) is 9.74. The number of hydrogen-bond acceptors (Lipinski definition) is 4. The molecule has 1 atom stereocenters. The Bertz CT molecular complexity index is 1000. The first-order valence-corrected chi connectivity index (χ1v) is 9.74. The molecule has 148 valence electrons. The Morgan fingerprint density at radius 1 is 1.10 bits per heavy atom. The molecule has 0 aliphatic carbocycles. The molecule has 0 spiro atoms. The number of carbonyl (C=O) groups is 1. The summed E-state index contributed by atoms with van der Waals surface area (Å²) in [5.41, 5.74) is 3.68. The van der Waals surface area contributed by atoms with Crippen LogP contribution in [0.5, 0.6) is 11.5 Å². The van der Waals surface area contributed by atoms with Crippen molar-refractivity contribution in [2.24, 2.45) is 0 Å². The summed E-state index contributed by atoms with van der Waals surface area (Å²) in [6, 6.07) is 22.4. The zero-order chi connectivity index (χ0) is 20.2. The number of amides is 1. The summed E-state index contributed by atoms with van der Waals surface area (Å²) in [4.78, 5) is 14.9. The van der Waals surface area contributed by atoms with E-state index in [-0.39, 0.29) is 12.5 Å². The maximum Gasteiger partial charge on any atom is 0.255 e. The molecule has 2 N–H and O–H groups in total. The second kappa shape index (κ2) is 8.37. The Labute approximate surface area is 170 Å². The number of fused-ring (bicyclic) bond motifs is 1. The molecule has 1 amide bonds. The molecule has 1 aliphatic rings. The zero-order valence-corrected chi connectivity index (χ0v) is 16.3. The van der Waals surface area contributed by atoms with Crippen molar-refractivity contribution in [1.82, 2.24) is 5.32 Å². The molecule has 0 bridgehead atoms. The standard InChI is InChI=1S/C24H24N2O3/c1-26-14-13-17-15-18(11-12-21(17)26)22(27)16-25-24(28)20-9-5-6-10-23(20)29-19-7-3-2-4-8-19/h2-12,15,22,27H,13-14,16H2,1H3,(H,25,28). The number of rotatable bonds is 6. The van der Waals surface area contributed by atoms with Gasteiger partial charge in [0.25, 0.3) is 5.91 Å². The number of aliphatic hydroxyl groups is 1. The van der Waals surface area contributed by atoms with Crippen molar-refractivity contribution in [3.8, 4) is 11.5 Å². The van der Waals surface area contributed by atoms with Crippen molar-refractivity contribution >= 4 is 11.6 Å².